The van der Waals surface area contributed by atoms with Crippen molar-refractivity contribution in [3.63, 3.8) is 0 Å². The van der Waals surface area contributed by atoms with Gasteiger partial charge in [0.2, 0.25) is 0 Å². The van der Waals surface area contributed by atoms with E-state index in [0.717, 1.165) is 6.42 Å². The number of hydrogen-bond donors (Lipinski definition) is 1. The number of carbonyl (C=O) groups excluding carboxylic acids is 1. The van der Waals surface area contributed by atoms with Gasteiger partial charge in [-0.15, -0.1) is 0 Å². The molecular formula is C12H20O6. The molecule has 0 radical (unpaired) electrons. The van der Waals surface area contributed by atoms with E-state index in [1.165, 1.54) is 0 Å². The van der Waals surface area contributed by atoms with Crippen LogP contribution in [0.2, 0.25) is 0 Å². The second-order valence-corrected chi connectivity index (χ2v) is 4.75. The standard InChI is InChI=1S/C12H20O6/c1-4-9-10(18-12(2,3)17-9)7-16-6-8(13)5-11(14)15/h9-10H,4-7H2,1-3H3,(H,14,15). The number of ketones is 1. The Balaban J connectivity index is 2.30. The molecule has 0 bridgehead atoms. The minimum atomic E-state index is -1.14. The Labute approximate surface area is 106 Å². The fraction of sp³-hybridized carbons (Fsp3) is 0.833. The summed E-state index contributed by atoms with van der Waals surface area (Å²) in [7, 11) is 0. The van der Waals surface area contributed by atoms with Gasteiger partial charge in [0.15, 0.2) is 11.6 Å². The first-order chi connectivity index (χ1) is 8.34. The number of carboxylic acids is 1. The molecule has 0 aromatic carbocycles. The van der Waals surface area contributed by atoms with E-state index >= 15 is 0 Å². The van der Waals surface area contributed by atoms with Crippen LogP contribution in [-0.2, 0) is 23.8 Å². The fourth-order valence-corrected chi connectivity index (χ4v) is 1.90. The van der Waals surface area contributed by atoms with Crippen molar-refractivity contribution >= 4 is 11.8 Å². The van der Waals surface area contributed by atoms with Gasteiger partial charge in [-0.25, -0.2) is 0 Å². The van der Waals surface area contributed by atoms with Crippen LogP contribution in [0.5, 0.6) is 0 Å². The molecule has 1 fully saturated rings. The van der Waals surface area contributed by atoms with E-state index in [4.69, 9.17) is 19.3 Å². The van der Waals surface area contributed by atoms with Crippen LogP contribution >= 0.6 is 0 Å². The number of hydrogen-bond acceptors (Lipinski definition) is 5. The van der Waals surface area contributed by atoms with Crippen molar-refractivity contribution < 1.29 is 28.9 Å². The van der Waals surface area contributed by atoms with Crippen LogP contribution in [-0.4, -0.2) is 48.1 Å². The summed E-state index contributed by atoms with van der Waals surface area (Å²) in [4.78, 5) is 21.4. The first-order valence-corrected chi connectivity index (χ1v) is 6.01. The third-order valence-electron chi connectivity index (χ3n) is 2.58. The van der Waals surface area contributed by atoms with Gasteiger partial charge in [-0.2, -0.15) is 0 Å². The van der Waals surface area contributed by atoms with Crippen molar-refractivity contribution in [2.75, 3.05) is 13.2 Å². The molecule has 6 heteroatoms. The van der Waals surface area contributed by atoms with E-state index < -0.39 is 24.0 Å². The van der Waals surface area contributed by atoms with Crippen molar-refractivity contribution in [1.82, 2.24) is 0 Å². The molecule has 1 saturated heterocycles. The maximum atomic E-state index is 11.1. The van der Waals surface area contributed by atoms with Crippen molar-refractivity contribution in [2.24, 2.45) is 0 Å². The summed E-state index contributed by atoms with van der Waals surface area (Å²) in [6.45, 7) is 5.66. The van der Waals surface area contributed by atoms with E-state index in [1.807, 2.05) is 20.8 Å². The van der Waals surface area contributed by atoms with Gasteiger partial charge in [-0.3, -0.25) is 9.59 Å². The average molecular weight is 260 g/mol. The summed E-state index contributed by atoms with van der Waals surface area (Å²) in [5, 5.41) is 8.42. The molecule has 1 rings (SSSR count). The Morgan fingerprint density at radius 2 is 1.89 bits per heavy atom. The summed E-state index contributed by atoms with van der Waals surface area (Å²) in [6.07, 6.45) is 0.00262. The Bertz CT molecular complexity index is 312. The highest BCUT2D eigenvalue weighted by Crippen LogP contribution is 2.29. The third-order valence-corrected chi connectivity index (χ3v) is 2.58. The second kappa shape index (κ2) is 6.26. The van der Waals surface area contributed by atoms with E-state index in [0.29, 0.717) is 0 Å². The summed E-state index contributed by atoms with van der Waals surface area (Å²) >= 11 is 0. The molecule has 0 aliphatic carbocycles. The zero-order chi connectivity index (χ0) is 13.8. The predicted molar refractivity (Wildman–Crippen MR) is 62.2 cm³/mol. The van der Waals surface area contributed by atoms with Crippen LogP contribution in [0.15, 0.2) is 0 Å². The third kappa shape index (κ3) is 4.72. The van der Waals surface area contributed by atoms with Crippen molar-refractivity contribution in [3.05, 3.63) is 0 Å². The fourth-order valence-electron chi connectivity index (χ4n) is 1.90. The molecule has 104 valence electrons. The number of ether oxygens (including phenoxy) is 3. The smallest absolute Gasteiger partial charge is 0.310 e. The minimum absolute atomic E-state index is 0.0606. The molecule has 1 aliphatic rings. The molecule has 6 nitrogen and oxygen atoms in total. The lowest BCUT2D eigenvalue weighted by atomic mass is 10.2. The zero-order valence-electron chi connectivity index (χ0n) is 11.0. The zero-order valence-corrected chi connectivity index (χ0v) is 11.0. The van der Waals surface area contributed by atoms with Gasteiger partial charge >= 0.3 is 5.97 Å². The number of carbonyl (C=O) groups is 2. The van der Waals surface area contributed by atoms with Gasteiger partial charge in [-0.1, -0.05) is 6.92 Å². The van der Waals surface area contributed by atoms with Gasteiger partial charge in [-0.05, 0) is 20.3 Å². The Morgan fingerprint density at radius 1 is 1.28 bits per heavy atom. The van der Waals surface area contributed by atoms with Crippen molar-refractivity contribution in [3.8, 4) is 0 Å². The highest BCUT2D eigenvalue weighted by atomic mass is 16.8. The summed E-state index contributed by atoms with van der Waals surface area (Å²) in [5.41, 5.74) is 0. The lowest BCUT2D eigenvalue weighted by molar-refractivity contribution is -0.151. The van der Waals surface area contributed by atoms with Crippen molar-refractivity contribution in [2.45, 2.75) is 51.6 Å². The number of rotatable bonds is 7. The number of aliphatic carboxylic acids is 1. The van der Waals surface area contributed by atoms with Gasteiger partial charge in [0.1, 0.15) is 19.1 Å². The Kier molecular flexibility index (Phi) is 5.25. The molecule has 0 aromatic heterocycles. The van der Waals surface area contributed by atoms with Gasteiger partial charge in [0.25, 0.3) is 0 Å². The molecule has 2 atom stereocenters. The minimum Gasteiger partial charge on any atom is -0.481 e. The molecule has 2 unspecified atom stereocenters. The lowest BCUT2D eigenvalue weighted by Gasteiger charge is -2.16. The van der Waals surface area contributed by atoms with Crippen LogP contribution in [0.1, 0.15) is 33.6 Å². The monoisotopic (exact) mass is 260 g/mol. The Morgan fingerprint density at radius 3 is 2.44 bits per heavy atom. The summed E-state index contributed by atoms with van der Waals surface area (Å²) in [6, 6.07) is 0. The molecule has 0 amide bonds. The highest BCUT2D eigenvalue weighted by molar-refractivity contribution is 5.95. The maximum Gasteiger partial charge on any atom is 0.310 e. The first-order valence-electron chi connectivity index (χ1n) is 6.01. The maximum absolute atomic E-state index is 11.1. The molecule has 0 spiro atoms. The lowest BCUT2D eigenvalue weighted by Crippen LogP contribution is -2.28. The van der Waals surface area contributed by atoms with Gasteiger partial charge in [0, 0.05) is 0 Å². The SMILES string of the molecule is CCC1OC(C)(C)OC1COCC(=O)CC(=O)O. The topological polar surface area (TPSA) is 82.1 Å². The number of Topliss-reactive ketones (excluding diaryl/α,β-unsaturated/α-hetero) is 1. The van der Waals surface area contributed by atoms with Gasteiger partial charge < -0.3 is 19.3 Å². The molecule has 18 heavy (non-hydrogen) atoms. The molecule has 1 N–H and O–H groups in total. The largest absolute Gasteiger partial charge is 0.481 e. The predicted octanol–water partition coefficient (Wildman–Crippen LogP) is 0.977. The van der Waals surface area contributed by atoms with E-state index in [2.05, 4.69) is 0 Å². The highest BCUT2D eigenvalue weighted by Gasteiger charge is 2.40. The first kappa shape index (κ1) is 15.1. The van der Waals surface area contributed by atoms with Crippen LogP contribution in [0, 0.1) is 0 Å². The van der Waals surface area contributed by atoms with Crippen molar-refractivity contribution in [1.29, 1.82) is 0 Å². The quantitative estimate of drug-likeness (QED) is 0.687. The molecule has 0 aromatic rings. The molecular weight excluding hydrogens is 240 g/mol. The van der Waals surface area contributed by atoms with E-state index in [9.17, 15) is 9.59 Å². The van der Waals surface area contributed by atoms with Gasteiger partial charge in [0.05, 0.1) is 12.7 Å². The Hall–Kier alpha value is -0.980. The van der Waals surface area contributed by atoms with Crippen LogP contribution in [0.3, 0.4) is 0 Å². The molecule has 1 aliphatic heterocycles. The second-order valence-electron chi connectivity index (χ2n) is 4.75. The molecule has 0 saturated carbocycles. The molecule has 1 heterocycles. The van der Waals surface area contributed by atoms with Crippen LogP contribution in [0.4, 0.5) is 0 Å². The number of carboxylic acid groups (broad SMARTS) is 1. The summed E-state index contributed by atoms with van der Waals surface area (Å²) in [5.74, 6) is -2.23. The van der Waals surface area contributed by atoms with E-state index in [1.54, 1.807) is 0 Å². The summed E-state index contributed by atoms with van der Waals surface area (Å²) < 4.78 is 16.5. The average Bonchev–Trinajstić information content (AvgIpc) is 2.52. The van der Waals surface area contributed by atoms with Crippen LogP contribution < -0.4 is 0 Å². The normalized spacial score (nSPS) is 26.2. The van der Waals surface area contributed by atoms with Crippen LogP contribution in [0.25, 0.3) is 0 Å². The van der Waals surface area contributed by atoms with E-state index in [-0.39, 0.29) is 25.4 Å².